The lowest BCUT2D eigenvalue weighted by Gasteiger charge is -2.13. The van der Waals surface area contributed by atoms with Crippen LogP contribution in [-0.2, 0) is 16.1 Å². The molecule has 1 aliphatic rings. The van der Waals surface area contributed by atoms with Crippen molar-refractivity contribution in [1.82, 2.24) is 20.4 Å². The van der Waals surface area contributed by atoms with Crippen molar-refractivity contribution in [3.8, 4) is 0 Å². The number of aromatic nitrogens is 2. The number of carbonyl (C=O) groups is 2. The number of nitrogens with zero attached hydrogens (tertiary/aromatic N) is 2. The van der Waals surface area contributed by atoms with Crippen LogP contribution in [0.15, 0.2) is 30.3 Å². The van der Waals surface area contributed by atoms with Gasteiger partial charge in [-0.1, -0.05) is 35.3 Å². The highest BCUT2D eigenvalue weighted by Gasteiger charge is 2.21. The molecule has 28 heavy (non-hydrogen) atoms. The van der Waals surface area contributed by atoms with Crippen LogP contribution in [0.3, 0.4) is 0 Å². The number of benzene rings is 1. The van der Waals surface area contributed by atoms with Gasteiger partial charge in [-0.15, -0.1) is 0 Å². The van der Waals surface area contributed by atoms with Gasteiger partial charge in [0.2, 0.25) is 11.8 Å². The Balaban J connectivity index is 1.67. The maximum atomic E-state index is 12.2. The molecule has 1 fully saturated rings. The van der Waals surface area contributed by atoms with E-state index in [2.05, 4.69) is 15.7 Å². The molecule has 1 atom stereocenters. The Kier molecular flexibility index (Phi) is 6.75. The topological polar surface area (TPSA) is 76.0 Å². The minimum atomic E-state index is -0.496. The minimum absolute atomic E-state index is 0.135. The third kappa shape index (κ3) is 5.14. The van der Waals surface area contributed by atoms with Crippen LogP contribution in [0.25, 0.3) is 6.08 Å². The van der Waals surface area contributed by atoms with Crippen molar-refractivity contribution in [1.29, 1.82) is 0 Å². The molecular formula is C20H22Cl2N4O2. The summed E-state index contributed by atoms with van der Waals surface area (Å²) in [5, 5.41) is 11.1. The molecule has 0 saturated carbocycles. The molecule has 3 rings (SSSR count). The summed E-state index contributed by atoms with van der Waals surface area (Å²) in [6, 6.07) is 6.96. The first-order chi connectivity index (χ1) is 13.4. The Labute approximate surface area is 173 Å². The SMILES string of the molecule is Cc1nn(Cc2ccc(Cl)cc2)c(Cl)c1C=CC(=O)NC1CCCCNC1=O. The van der Waals surface area contributed by atoms with E-state index < -0.39 is 6.04 Å². The first-order valence-electron chi connectivity index (χ1n) is 9.17. The summed E-state index contributed by atoms with van der Waals surface area (Å²) in [6.07, 6.45) is 5.49. The second kappa shape index (κ2) is 9.26. The highest BCUT2D eigenvalue weighted by Crippen LogP contribution is 2.22. The first kappa shape index (κ1) is 20.4. The largest absolute Gasteiger partial charge is 0.354 e. The number of hydrogen-bond donors (Lipinski definition) is 2. The van der Waals surface area contributed by atoms with Gasteiger partial charge in [-0.2, -0.15) is 5.10 Å². The third-order valence-electron chi connectivity index (χ3n) is 4.61. The molecule has 2 heterocycles. The van der Waals surface area contributed by atoms with Crippen LogP contribution >= 0.6 is 23.2 Å². The van der Waals surface area contributed by atoms with Crippen molar-refractivity contribution in [3.05, 3.63) is 57.3 Å². The molecule has 1 aliphatic heterocycles. The average Bonchev–Trinajstić information content (AvgIpc) is 2.80. The van der Waals surface area contributed by atoms with E-state index >= 15 is 0 Å². The molecule has 1 aromatic heterocycles. The maximum absolute atomic E-state index is 12.2. The van der Waals surface area contributed by atoms with Crippen LogP contribution in [0.5, 0.6) is 0 Å². The lowest BCUT2D eigenvalue weighted by molar-refractivity contribution is -0.126. The fourth-order valence-electron chi connectivity index (χ4n) is 3.08. The highest BCUT2D eigenvalue weighted by atomic mass is 35.5. The summed E-state index contributed by atoms with van der Waals surface area (Å²) in [6.45, 7) is 2.99. The van der Waals surface area contributed by atoms with Gasteiger partial charge in [-0.3, -0.25) is 9.59 Å². The predicted molar refractivity (Wildman–Crippen MR) is 110 cm³/mol. The number of rotatable bonds is 5. The fourth-order valence-corrected chi connectivity index (χ4v) is 3.50. The predicted octanol–water partition coefficient (Wildman–Crippen LogP) is 3.34. The van der Waals surface area contributed by atoms with Crippen LogP contribution < -0.4 is 10.6 Å². The third-order valence-corrected chi connectivity index (χ3v) is 5.26. The van der Waals surface area contributed by atoms with Crippen LogP contribution in [0, 0.1) is 6.92 Å². The summed E-state index contributed by atoms with van der Waals surface area (Å²) in [5.74, 6) is -0.466. The Bertz CT molecular complexity index is 890. The molecular weight excluding hydrogens is 399 g/mol. The number of amides is 2. The molecule has 1 saturated heterocycles. The van der Waals surface area contributed by atoms with Crippen molar-refractivity contribution in [2.75, 3.05) is 6.54 Å². The zero-order chi connectivity index (χ0) is 20.1. The average molecular weight is 421 g/mol. The van der Waals surface area contributed by atoms with Crippen molar-refractivity contribution in [2.24, 2.45) is 0 Å². The van der Waals surface area contributed by atoms with Gasteiger partial charge in [-0.25, -0.2) is 4.68 Å². The highest BCUT2D eigenvalue weighted by molar-refractivity contribution is 6.31. The van der Waals surface area contributed by atoms with Gasteiger partial charge in [0.1, 0.15) is 11.2 Å². The van der Waals surface area contributed by atoms with E-state index in [1.54, 1.807) is 10.8 Å². The molecule has 1 unspecified atom stereocenters. The molecule has 6 nitrogen and oxygen atoms in total. The molecule has 0 spiro atoms. The van der Waals surface area contributed by atoms with Crippen LogP contribution in [-0.4, -0.2) is 34.2 Å². The van der Waals surface area contributed by atoms with Gasteiger partial charge < -0.3 is 10.6 Å². The zero-order valence-corrected chi connectivity index (χ0v) is 17.1. The van der Waals surface area contributed by atoms with Crippen molar-refractivity contribution >= 4 is 41.1 Å². The molecule has 148 valence electrons. The van der Waals surface area contributed by atoms with Crippen molar-refractivity contribution in [3.63, 3.8) is 0 Å². The van der Waals surface area contributed by atoms with E-state index in [-0.39, 0.29) is 11.8 Å². The summed E-state index contributed by atoms with van der Waals surface area (Å²) in [5.41, 5.74) is 2.41. The van der Waals surface area contributed by atoms with Gasteiger partial charge in [0.05, 0.1) is 12.2 Å². The van der Waals surface area contributed by atoms with Crippen molar-refractivity contribution < 1.29 is 9.59 Å². The lowest BCUT2D eigenvalue weighted by atomic mass is 10.1. The van der Waals surface area contributed by atoms with E-state index in [0.29, 0.717) is 35.2 Å². The Morgan fingerprint density at radius 3 is 2.82 bits per heavy atom. The second-order valence-corrected chi connectivity index (χ2v) is 7.55. The van der Waals surface area contributed by atoms with Gasteiger partial charge in [-0.05, 0) is 50.0 Å². The molecule has 0 bridgehead atoms. The summed E-state index contributed by atoms with van der Waals surface area (Å²) in [7, 11) is 0. The monoisotopic (exact) mass is 420 g/mol. The molecule has 1 aromatic carbocycles. The van der Waals surface area contributed by atoms with Crippen LogP contribution in [0.2, 0.25) is 10.2 Å². The van der Waals surface area contributed by atoms with E-state index in [4.69, 9.17) is 23.2 Å². The molecule has 2 amide bonds. The number of halogens is 2. The first-order valence-corrected chi connectivity index (χ1v) is 9.93. The lowest BCUT2D eigenvalue weighted by Crippen LogP contribution is -2.44. The van der Waals surface area contributed by atoms with E-state index in [1.807, 2.05) is 31.2 Å². The van der Waals surface area contributed by atoms with Crippen molar-refractivity contribution in [2.45, 2.75) is 38.8 Å². The number of carbonyl (C=O) groups excluding carboxylic acids is 2. The van der Waals surface area contributed by atoms with Crippen LogP contribution in [0.1, 0.15) is 36.1 Å². The Morgan fingerprint density at radius 1 is 1.32 bits per heavy atom. The van der Waals surface area contributed by atoms with Gasteiger partial charge >= 0.3 is 0 Å². The molecule has 0 aliphatic carbocycles. The molecule has 8 heteroatoms. The maximum Gasteiger partial charge on any atom is 0.244 e. The van der Waals surface area contributed by atoms with Crippen LogP contribution in [0.4, 0.5) is 0 Å². The summed E-state index contributed by atoms with van der Waals surface area (Å²) >= 11 is 12.4. The molecule has 2 aromatic rings. The quantitative estimate of drug-likeness (QED) is 0.728. The Morgan fingerprint density at radius 2 is 2.07 bits per heavy atom. The second-order valence-electron chi connectivity index (χ2n) is 6.76. The standard InChI is InChI=1S/C20H22Cl2N4O2/c1-13-16(9-10-18(27)24-17-4-2-3-11-23-20(17)28)19(22)26(25-13)12-14-5-7-15(21)8-6-14/h5-10,17H,2-4,11-12H2,1H3,(H,23,28)(H,24,27). The van der Waals surface area contributed by atoms with Gasteiger partial charge in [0, 0.05) is 23.2 Å². The number of hydrogen-bond acceptors (Lipinski definition) is 3. The molecule has 2 N–H and O–H groups in total. The number of nitrogens with one attached hydrogen (secondary N) is 2. The summed E-state index contributed by atoms with van der Waals surface area (Å²) in [4.78, 5) is 24.2. The normalized spacial score (nSPS) is 17.4. The van der Waals surface area contributed by atoms with Gasteiger partial charge in [0.15, 0.2) is 0 Å². The zero-order valence-electron chi connectivity index (χ0n) is 15.5. The Hall–Kier alpha value is -2.31. The number of aryl methyl sites for hydroxylation is 1. The summed E-state index contributed by atoms with van der Waals surface area (Å²) < 4.78 is 1.68. The fraction of sp³-hybridized carbons (Fsp3) is 0.350. The molecule has 0 radical (unpaired) electrons. The van der Waals surface area contributed by atoms with Gasteiger partial charge in [0.25, 0.3) is 0 Å². The van der Waals surface area contributed by atoms with E-state index in [0.717, 1.165) is 24.1 Å². The van der Waals surface area contributed by atoms with E-state index in [9.17, 15) is 9.59 Å². The minimum Gasteiger partial charge on any atom is -0.354 e. The smallest absolute Gasteiger partial charge is 0.244 e. The van der Waals surface area contributed by atoms with E-state index in [1.165, 1.54) is 6.08 Å².